The summed E-state index contributed by atoms with van der Waals surface area (Å²) in [6, 6.07) is 13.8. The number of hydrogen-bond acceptors (Lipinski definition) is 6. The monoisotopic (exact) mass is 462 g/mol. The van der Waals surface area contributed by atoms with Crippen LogP contribution in [0.25, 0.3) is 0 Å². The molecule has 0 aromatic heterocycles. The molecule has 174 valence electrons. The summed E-state index contributed by atoms with van der Waals surface area (Å²) in [7, 11) is 0. The molecule has 0 bridgehead atoms. The zero-order valence-corrected chi connectivity index (χ0v) is 18.9. The molecule has 2 aliphatic rings. The highest BCUT2D eigenvalue weighted by molar-refractivity contribution is 6.31. The molecule has 7 heteroatoms. The Hall–Kier alpha value is -1.67. The molecule has 2 saturated heterocycles. The lowest BCUT2D eigenvalue weighted by molar-refractivity contribution is -0.113. The van der Waals surface area contributed by atoms with Crippen molar-refractivity contribution < 1.29 is 29.2 Å². The van der Waals surface area contributed by atoms with Crippen LogP contribution >= 0.6 is 11.6 Å². The zero-order valence-electron chi connectivity index (χ0n) is 18.1. The van der Waals surface area contributed by atoms with Gasteiger partial charge < -0.3 is 29.2 Å². The molecule has 0 radical (unpaired) electrons. The molecule has 2 heterocycles. The van der Waals surface area contributed by atoms with E-state index in [4.69, 9.17) is 30.5 Å². The van der Waals surface area contributed by atoms with E-state index in [0.717, 1.165) is 35.5 Å². The SMILES string of the molecule is OC[C@@H]1CC(O)C[C@H](c2ccc(Cl)c(Cc3ccc(OCCOC4CCOC4)cc3)c2)O1. The Bertz CT molecular complexity index is 852. The van der Waals surface area contributed by atoms with Gasteiger partial charge in [0, 0.05) is 24.5 Å². The number of rotatable bonds is 9. The highest BCUT2D eigenvalue weighted by Gasteiger charge is 2.29. The molecule has 0 saturated carbocycles. The van der Waals surface area contributed by atoms with Crippen LogP contribution in [0.4, 0.5) is 0 Å². The van der Waals surface area contributed by atoms with Crippen molar-refractivity contribution in [3.8, 4) is 5.75 Å². The zero-order chi connectivity index (χ0) is 22.3. The van der Waals surface area contributed by atoms with Gasteiger partial charge in [-0.25, -0.2) is 0 Å². The van der Waals surface area contributed by atoms with Crippen molar-refractivity contribution in [1.82, 2.24) is 0 Å². The molecule has 2 aromatic rings. The van der Waals surface area contributed by atoms with Crippen LogP contribution in [0, 0.1) is 0 Å². The van der Waals surface area contributed by atoms with Gasteiger partial charge in [0.25, 0.3) is 0 Å². The topological polar surface area (TPSA) is 77.4 Å². The minimum Gasteiger partial charge on any atom is -0.491 e. The lowest BCUT2D eigenvalue weighted by Gasteiger charge is -2.32. The van der Waals surface area contributed by atoms with Crippen molar-refractivity contribution in [2.45, 2.75) is 50.1 Å². The van der Waals surface area contributed by atoms with Crippen molar-refractivity contribution in [1.29, 1.82) is 0 Å². The average molecular weight is 463 g/mol. The lowest BCUT2D eigenvalue weighted by Crippen LogP contribution is -2.33. The Balaban J connectivity index is 1.32. The maximum Gasteiger partial charge on any atom is 0.119 e. The van der Waals surface area contributed by atoms with E-state index >= 15 is 0 Å². The fourth-order valence-electron chi connectivity index (χ4n) is 4.19. The predicted octanol–water partition coefficient (Wildman–Crippen LogP) is 3.69. The fourth-order valence-corrected chi connectivity index (χ4v) is 4.38. The number of aliphatic hydroxyl groups excluding tert-OH is 2. The molecule has 2 N–H and O–H groups in total. The Morgan fingerprint density at radius 2 is 1.91 bits per heavy atom. The molecule has 2 aromatic carbocycles. The second kappa shape index (κ2) is 11.5. The van der Waals surface area contributed by atoms with Gasteiger partial charge in [0.2, 0.25) is 0 Å². The van der Waals surface area contributed by atoms with E-state index in [1.807, 2.05) is 42.5 Å². The number of halogens is 1. The molecule has 6 nitrogen and oxygen atoms in total. The van der Waals surface area contributed by atoms with E-state index in [9.17, 15) is 10.2 Å². The molecule has 2 aliphatic heterocycles. The Morgan fingerprint density at radius 3 is 2.66 bits per heavy atom. The second-order valence-corrected chi connectivity index (χ2v) is 8.84. The maximum atomic E-state index is 10.1. The number of ether oxygens (including phenoxy) is 4. The largest absolute Gasteiger partial charge is 0.491 e. The van der Waals surface area contributed by atoms with Crippen molar-refractivity contribution in [3.05, 3.63) is 64.2 Å². The summed E-state index contributed by atoms with van der Waals surface area (Å²) in [5.74, 6) is 0.805. The van der Waals surface area contributed by atoms with Gasteiger partial charge in [0.15, 0.2) is 0 Å². The number of aliphatic hydroxyl groups is 2. The summed E-state index contributed by atoms with van der Waals surface area (Å²) in [4.78, 5) is 0. The summed E-state index contributed by atoms with van der Waals surface area (Å²) in [6.07, 6.45) is 1.73. The second-order valence-electron chi connectivity index (χ2n) is 8.43. The molecule has 0 aliphatic carbocycles. The lowest BCUT2D eigenvalue weighted by atomic mass is 9.94. The highest BCUT2D eigenvalue weighted by Crippen LogP contribution is 2.33. The first kappa shape index (κ1) is 23.5. The first-order chi connectivity index (χ1) is 15.6. The van der Waals surface area contributed by atoms with Crippen LogP contribution in [-0.4, -0.2) is 61.6 Å². The third-order valence-corrected chi connectivity index (χ3v) is 6.30. The van der Waals surface area contributed by atoms with Gasteiger partial charge in [-0.1, -0.05) is 35.9 Å². The molecule has 32 heavy (non-hydrogen) atoms. The summed E-state index contributed by atoms with van der Waals surface area (Å²) in [6.45, 7) is 2.41. The number of hydrogen-bond donors (Lipinski definition) is 2. The Labute approximate surface area is 194 Å². The van der Waals surface area contributed by atoms with Crippen LogP contribution in [0.3, 0.4) is 0 Å². The molecular formula is C25H31ClO6. The molecule has 0 spiro atoms. The average Bonchev–Trinajstić information content (AvgIpc) is 3.32. The Kier molecular flexibility index (Phi) is 8.41. The standard InChI is InChI=1S/C25H31ClO6/c26-24-6-3-18(25-14-20(28)13-23(15-27)32-25)12-19(24)11-17-1-4-21(5-2-17)30-9-10-31-22-7-8-29-16-22/h1-6,12,20,22-23,25,27-28H,7-11,13-16H2/t20?,22?,23-,25+/m0/s1. The van der Waals surface area contributed by atoms with E-state index < -0.39 is 6.10 Å². The molecule has 4 atom stereocenters. The van der Waals surface area contributed by atoms with Crippen LogP contribution in [0.15, 0.2) is 42.5 Å². The van der Waals surface area contributed by atoms with Crippen molar-refractivity contribution in [3.63, 3.8) is 0 Å². The van der Waals surface area contributed by atoms with Crippen LogP contribution in [-0.2, 0) is 20.6 Å². The van der Waals surface area contributed by atoms with Gasteiger partial charge in [-0.15, -0.1) is 0 Å². The molecule has 4 rings (SSSR count). The fraction of sp³-hybridized carbons (Fsp3) is 0.520. The minimum atomic E-state index is -0.477. The third-order valence-electron chi connectivity index (χ3n) is 5.93. The molecule has 2 unspecified atom stereocenters. The molecular weight excluding hydrogens is 432 g/mol. The first-order valence-electron chi connectivity index (χ1n) is 11.2. The summed E-state index contributed by atoms with van der Waals surface area (Å²) in [5.41, 5.74) is 3.08. The van der Waals surface area contributed by atoms with Gasteiger partial charge in [-0.05, 0) is 47.7 Å². The summed E-state index contributed by atoms with van der Waals surface area (Å²) >= 11 is 6.46. The predicted molar refractivity (Wildman–Crippen MR) is 121 cm³/mol. The van der Waals surface area contributed by atoms with E-state index in [-0.39, 0.29) is 24.9 Å². The van der Waals surface area contributed by atoms with Crippen molar-refractivity contribution in [2.24, 2.45) is 0 Å². The minimum absolute atomic E-state index is 0.0937. The Morgan fingerprint density at radius 1 is 1.06 bits per heavy atom. The van der Waals surface area contributed by atoms with Gasteiger partial charge in [-0.2, -0.15) is 0 Å². The molecule has 0 amide bonds. The first-order valence-corrected chi connectivity index (χ1v) is 11.6. The number of benzene rings is 2. The smallest absolute Gasteiger partial charge is 0.119 e. The van der Waals surface area contributed by atoms with Crippen LogP contribution in [0.5, 0.6) is 5.75 Å². The van der Waals surface area contributed by atoms with Crippen molar-refractivity contribution in [2.75, 3.05) is 33.0 Å². The van der Waals surface area contributed by atoms with Gasteiger partial charge >= 0.3 is 0 Å². The van der Waals surface area contributed by atoms with E-state index in [2.05, 4.69) is 0 Å². The quantitative estimate of drug-likeness (QED) is 0.553. The van der Waals surface area contributed by atoms with Crippen molar-refractivity contribution >= 4 is 11.6 Å². The van der Waals surface area contributed by atoms with E-state index in [1.54, 1.807) is 0 Å². The van der Waals surface area contributed by atoms with Gasteiger partial charge in [0.1, 0.15) is 12.4 Å². The summed E-state index contributed by atoms with van der Waals surface area (Å²) < 4.78 is 22.7. The van der Waals surface area contributed by atoms with Crippen LogP contribution in [0.2, 0.25) is 5.02 Å². The highest BCUT2D eigenvalue weighted by atomic mass is 35.5. The normalized spacial score (nSPS) is 25.7. The van der Waals surface area contributed by atoms with Crippen LogP contribution in [0.1, 0.15) is 42.1 Å². The maximum absolute atomic E-state index is 10.1. The third kappa shape index (κ3) is 6.44. The molecule has 2 fully saturated rings. The van der Waals surface area contributed by atoms with Gasteiger partial charge in [-0.3, -0.25) is 0 Å². The van der Waals surface area contributed by atoms with E-state index in [1.165, 1.54) is 0 Å². The van der Waals surface area contributed by atoms with Crippen LogP contribution < -0.4 is 4.74 Å². The van der Waals surface area contributed by atoms with E-state index in [0.29, 0.717) is 44.1 Å². The summed E-state index contributed by atoms with van der Waals surface area (Å²) in [5, 5.41) is 20.2. The van der Waals surface area contributed by atoms with Gasteiger partial charge in [0.05, 0.1) is 44.2 Å².